The van der Waals surface area contributed by atoms with E-state index < -0.39 is 0 Å². The normalized spacial score (nSPS) is 15.8. The number of nitrogens with one attached hydrogen (secondary N) is 1. The molecule has 4 heteroatoms. The molecule has 19 heavy (non-hydrogen) atoms. The van der Waals surface area contributed by atoms with Crippen LogP contribution in [0.2, 0.25) is 0 Å². The number of amides is 1. The molecular formula is C15H14ClNOS. The summed E-state index contributed by atoms with van der Waals surface area (Å²) >= 11 is 8.21. The van der Waals surface area contributed by atoms with Gasteiger partial charge in [0, 0.05) is 21.9 Å². The molecule has 2 aromatic rings. The highest BCUT2D eigenvalue weighted by Crippen LogP contribution is 2.34. The largest absolute Gasteiger partial charge is 0.352 e. The van der Waals surface area contributed by atoms with Gasteiger partial charge in [0.1, 0.15) is 0 Å². The number of hydrogen-bond donors (Lipinski definition) is 1. The second kappa shape index (κ2) is 4.99. The van der Waals surface area contributed by atoms with Crippen LogP contribution < -0.4 is 5.32 Å². The Balaban J connectivity index is 1.97. The first-order chi connectivity index (χ1) is 9.15. The molecule has 0 aliphatic carbocycles. The van der Waals surface area contributed by atoms with Crippen molar-refractivity contribution >= 4 is 28.8 Å². The molecule has 2 heterocycles. The number of fused-ring (bicyclic) bond motifs is 1. The topological polar surface area (TPSA) is 29.1 Å². The van der Waals surface area contributed by atoms with E-state index in [0.717, 1.165) is 34.5 Å². The van der Waals surface area contributed by atoms with Crippen molar-refractivity contribution in [3.05, 3.63) is 56.8 Å². The summed E-state index contributed by atoms with van der Waals surface area (Å²) in [7, 11) is 0. The summed E-state index contributed by atoms with van der Waals surface area (Å²) in [6, 6.07) is 10.1. The lowest BCUT2D eigenvalue weighted by Crippen LogP contribution is -2.31. The van der Waals surface area contributed by atoms with Crippen LogP contribution in [0.3, 0.4) is 0 Å². The average molecular weight is 292 g/mol. The van der Waals surface area contributed by atoms with E-state index in [1.807, 2.05) is 18.2 Å². The maximum atomic E-state index is 11.8. The zero-order chi connectivity index (χ0) is 13.4. The average Bonchev–Trinajstić information content (AvgIpc) is 2.85. The third-order valence-electron chi connectivity index (χ3n) is 3.36. The Morgan fingerprint density at radius 3 is 2.89 bits per heavy atom. The van der Waals surface area contributed by atoms with Crippen LogP contribution in [0.25, 0.3) is 0 Å². The fourth-order valence-corrected chi connectivity index (χ4v) is 3.57. The quantitative estimate of drug-likeness (QED) is 0.841. The van der Waals surface area contributed by atoms with E-state index >= 15 is 0 Å². The molecule has 1 aromatic carbocycles. The minimum atomic E-state index is -0.182. The van der Waals surface area contributed by atoms with Crippen LogP contribution in [-0.4, -0.2) is 12.5 Å². The molecule has 1 aliphatic rings. The van der Waals surface area contributed by atoms with Crippen molar-refractivity contribution in [2.75, 3.05) is 6.54 Å². The number of alkyl halides is 1. The number of halogens is 1. The Kier molecular flexibility index (Phi) is 3.33. The minimum Gasteiger partial charge on any atom is -0.352 e. The third-order valence-corrected chi connectivity index (χ3v) is 5.04. The van der Waals surface area contributed by atoms with Gasteiger partial charge in [0.15, 0.2) is 0 Å². The molecule has 0 radical (unpaired) electrons. The van der Waals surface area contributed by atoms with Crippen LogP contribution >= 0.6 is 22.9 Å². The van der Waals surface area contributed by atoms with Crippen LogP contribution in [0.5, 0.6) is 0 Å². The standard InChI is InChI=1S/C15H14ClNOS/c1-9-2-5-13(19-9)14(16)11-4-3-10-6-7-17-15(18)12(10)8-11/h2-5,8,14H,6-7H2,1H3,(H,17,18). The van der Waals surface area contributed by atoms with Gasteiger partial charge in [0.25, 0.3) is 5.91 Å². The van der Waals surface area contributed by atoms with E-state index in [1.165, 1.54) is 4.88 Å². The zero-order valence-corrected chi connectivity index (χ0v) is 12.1. The molecule has 3 rings (SSSR count). The Hall–Kier alpha value is -1.32. The van der Waals surface area contributed by atoms with Crippen molar-refractivity contribution in [1.82, 2.24) is 5.32 Å². The summed E-state index contributed by atoms with van der Waals surface area (Å²) in [5.41, 5.74) is 2.86. The fourth-order valence-electron chi connectivity index (χ4n) is 2.34. The Morgan fingerprint density at radius 2 is 2.16 bits per heavy atom. The summed E-state index contributed by atoms with van der Waals surface area (Å²) in [6.45, 7) is 2.79. The van der Waals surface area contributed by atoms with Crippen molar-refractivity contribution in [1.29, 1.82) is 0 Å². The molecule has 1 aliphatic heterocycles. The van der Waals surface area contributed by atoms with E-state index in [2.05, 4.69) is 24.4 Å². The number of carbonyl (C=O) groups excluding carboxylic acids is 1. The van der Waals surface area contributed by atoms with Gasteiger partial charge in [0.2, 0.25) is 0 Å². The lowest BCUT2D eigenvalue weighted by atomic mass is 9.96. The molecule has 0 spiro atoms. The smallest absolute Gasteiger partial charge is 0.251 e. The SMILES string of the molecule is Cc1ccc(C(Cl)c2ccc3c(c2)C(=O)NCC3)s1. The van der Waals surface area contributed by atoms with Gasteiger partial charge in [-0.1, -0.05) is 12.1 Å². The van der Waals surface area contributed by atoms with Crippen molar-refractivity contribution < 1.29 is 4.79 Å². The molecular weight excluding hydrogens is 278 g/mol. The molecule has 1 amide bonds. The van der Waals surface area contributed by atoms with Crippen molar-refractivity contribution in [2.45, 2.75) is 18.7 Å². The van der Waals surface area contributed by atoms with Crippen LogP contribution in [-0.2, 0) is 6.42 Å². The Morgan fingerprint density at radius 1 is 1.32 bits per heavy atom. The highest BCUT2D eigenvalue weighted by atomic mass is 35.5. The first-order valence-corrected chi connectivity index (χ1v) is 7.52. The van der Waals surface area contributed by atoms with Gasteiger partial charge in [-0.2, -0.15) is 0 Å². The first-order valence-electron chi connectivity index (χ1n) is 6.26. The maximum Gasteiger partial charge on any atom is 0.251 e. The Bertz CT molecular complexity index is 635. The summed E-state index contributed by atoms with van der Waals surface area (Å²) in [4.78, 5) is 14.2. The number of aryl methyl sites for hydroxylation is 1. The van der Waals surface area contributed by atoms with Gasteiger partial charge in [-0.15, -0.1) is 22.9 Å². The van der Waals surface area contributed by atoms with Crippen molar-refractivity contribution in [2.24, 2.45) is 0 Å². The summed E-state index contributed by atoms with van der Waals surface area (Å²) in [6.07, 6.45) is 0.895. The number of benzene rings is 1. The number of thiophene rings is 1. The fraction of sp³-hybridized carbons (Fsp3) is 0.267. The minimum absolute atomic E-state index is 0.00864. The highest BCUT2D eigenvalue weighted by Gasteiger charge is 2.20. The van der Waals surface area contributed by atoms with Crippen molar-refractivity contribution in [3.8, 4) is 0 Å². The molecule has 2 nitrogen and oxygen atoms in total. The van der Waals surface area contributed by atoms with E-state index in [1.54, 1.807) is 11.3 Å². The Labute approximate surface area is 121 Å². The second-order valence-electron chi connectivity index (χ2n) is 4.73. The van der Waals surface area contributed by atoms with Crippen LogP contribution in [0, 0.1) is 6.92 Å². The van der Waals surface area contributed by atoms with Gasteiger partial charge in [-0.25, -0.2) is 0 Å². The van der Waals surface area contributed by atoms with Gasteiger partial charge >= 0.3 is 0 Å². The summed E-state index contributed by atoms with van der Waals surface area (Å²) in [5, 5.41) is 2.69. The number of hydrogen-bond acceptors (Lipinski definition) is 2. The second-order valence-corrected chi connectivity index (χ2v) is 6.49. The molecule has 1 N–H and O–H groups in total. The molecule has 1 unspecified atom stereocenters. The molecule has 1 aromatic heterocycles. The van der Waals surface area contributed by atoms with Gasteiger partial charge in [-0.3, -0.25) is 4.79 Å². The number of carbonyl (C=O) groups is 1. The predicted molar refractivity (Wildman–Crippen MR) is 79.2 cm³/mol. The molecule has 0 fully saturated rings. The van der Waals surface area contributed by atoms with Gasteiger partial charge < -0.3 is 5.32 Å². The summed E-state index contributed by atoms with van der Waals surface area (Å²) in [5.74, 6) is 0.00864. The van der Waals surface area contributed by atoms with Crippen LogP contribution in [0.15, 0.2) is 30.3 Å². The maximum absolute atomic E-state index is 11.8. The van der Waals surface area contributed by atoms with Crippen LogP contribution in [0.1, 0.15) is 36.6 Å². The van der Waals surface area contributed by atoms with Gasteiger partial charge in [-0.05, 0) is 42.7 Å². The highest BCUT2D eigenvalue weighted by molar-refractivity contribution is 7.12. The van der Waals surface area contributed by atoms with E-state index in [9.17, 15) is 4.79 Å². The molecule has 1 atom stereocenters. The first kappa shape index (κ1) is 12.7. The van der Waals surface area contributed by atoms with E-state index in [0.29, 0.717) is 0 Å². The molecule has 0 bridgehead atoms. The molecule has 0 saturated heterocycles. The van der Waals surface area contributed by atoms with Gasteiger partial charge in [0.05, 0.1) is 5.38 Å². The lowest BCUT2D eigenvalue weighted by Gasteiger charge is -2.18. The van der Waals surface area contributed by atoms with E-state index in [4.69, 9.17) is 11.6 Å². The van der Waals surface area contributed by atoms with Crippen molar-refractivity contribution in [3.63, 3.8) is 0 Å². The number of rotatable bonds is 2. The van der Waals surface area contributed by atoms with Crippen LogP contribution in [0.4, 0.5) is 0 Å². The molecule has 0 saturated carbocycles. The summed E-state index contributed by atoms with van der Waals surface area (Å²) < 4.78 is 0. The lowest BCUT2D eigenvalue weighted by molar-refractivity contribution is 0.0946. The molecule has 98 valence electrons. The predicted octanol–water partition coefficient (Wildman–Crippen LogP) is 3.67. The zero-order valence-electron chi connectivity index (χ0n) is 10.6. The van der Waals surface area contributed by atoms with E-state index in [-0.39, 0.29) is 11.3 Å². The third kappa shape index (κ3) is 2.40. The monoisotopic (exact) mass is 291 g/mol.